The summed E-state index contributed by atoms with van der Waals surface area (Å²) in [6, 6.07) is 5.03. The number of carbonyl (C=O) groups excluding carboxylic acids is 1. The highest BCUT2D eigenvalue weighted by Crippen LogP contribution is 2.30. The van der Waals surface area contributed by atoms with E-state index in [1.165, 1.54) is 0 Å². The molecule has 0 heterocycles. The number of rotatable bonds is 9. The molecule has 112 valence electrons. The van der Waals surface area contributed by atoms with Crippen LogP contribution in [0.4, 0.5) is 0 Å². The summed E-state index contributed by atoms with van der Waals surface area (Å²) >= 11 is 0. The fraction of sp³-hybridized carbons (Fsp3) is 0.533. The fourth-order valence-corrected chi connectivity index (χ4v) is 1.91. The lowest BCUT2D eigenvalue weighted by Crippen LogP contribution is -2.55. The van der Waals surface area contributed by atoms with Crippen LogP contribution in [-0.2, 0) is 4.79 Å². The van der Waals surface area contributed by atoms with Gasteiger partial charge in [0.15, 0.2) is 11.5 Å². The maximum Gasteiger partial charge on any atom is 0.161 e. The van der Waals surface area contributed by atoms with Gasteiger partial charge in [0.25, 0.3) is 0 Å². The van der Waals surface area contributed by atoms with Gasteiger partial charge in [-0.2, -0.15) is 0 Å². The zero-order chi connectivity index (χ0) is 15.0. The smallest absolute Gasteiger partial charge is 0.161 e. The molecule has 0 aliphatic carbocycles. The van der Waals surface area contributed by atoms with Crippen LogP contribution in [0.15, 0.2) is 18.2 Å². The van der Waals surface area contributed by atoms with Crippen molar-refractivity contribution in [2.24, 2.45) is 0 Å². The molecule has 0 aliphatic heterocycles. The number of carbonyl (C=O) groups is 1. The Kier molecular flexibility index (Phi) is 6.87. The van der Waals surface area contributed by atoms with Crippen molar-refractivity contribution in [1.29, 1.82) is 0 Å². The van der Waals surface area contributed by atoms with Crippen molar-refractivity contribution in [2.45, 2.75) is 38.6 Å². The average Bonchev–Trinajstić information content (AvgIpc) is 2.42. The molecule has 1 rings (SSSR count). The van der Waals surface area contributed by atoms with Crippen molar-refractivity contribution in [3.63, 3.8) is 0 Å². The number of hydrogen-bond acceptors (Lipinski definition) is 4. The number of hydrogen-bond donors (Lipinski definition) is 1. The van der Waals surface area contributed by atoms with Crippen LogP contribution in [-0.4, -0.2) is 19.7 Å². The molecule has 5 nitrogen and oxygen atoms in total. The average molecular weight is 281 g/mol. The van der Waals surface area contributed by atoms with E-state index in [9.17, 15) is 9.90 Å². The Morgan fingerprint density at radius 1 is 1.35 bits per heavy atom. The number of methoxy groups -OCH3 is 1. The Balaban J connectivity index is 2.71. The molecular weight excluding hydrogens is 258 g/mol. The van der Waals surface area contributed by atoms with Crippen molar-refractivity contribution < 1.29 is 25.1 Å². The molecule has 1 atom stereocenters. The van der Waals surface area contributed by atoms with Gasteiger partial charge in [-0.25, -0.2) is 0 Å². The van der Waals surface area contributed by atoms with E-state index in [4.69, 9.17) is 9.47 Å². The standard InChI is InChI=1S/C15H23NO4/c1-3-4-5-8-20-13-7-6-11(9-14(13)19-2)12(16)10-15(17)18/h6-7,9,12H,3-5,8,10,16H2,1-2H3,(H,17,18)/t12-/m0/s1. The molecule has 0 fully saturated rings. The molecule has 0 spiro atoms. The third kappa shape index (κ3) is 5.09. The van der Waals surface area contributed by atoms with E-state index in [2.05, 4.69) is 12.7 Å². The monoisotopic (exact) mass is 281 g/mol. The lowest BCUT2D eigenvalue weighted by atomic mass is 10.0. The normalized spacial score (nSPS) is 11.9. The van der Waals surface area contributed by atoms with Gasteiger partial charge in [-0.3, -0.25) is 0 Å². The number of unbranched alkanes of at least 4 members (excludes halogenated alkanes) is 2. The van der Waals surface area contributed by atoms with Crippen molar-refractivity contribution in [1.82, 2.24) is 0 Å². The van der Waals surface area contributed by atoms with E-state index in [0.29, 0.717) is 18.1 Å². The van der Waals surface area contributed by atoms with Crippen LogP contribution >= 0.6 is 0 Å². The van der Waals surface area contributed by atoms with Crippen LogP contribution < -0.4 is 20.3 Å². The van der Waals surface area contributed by atoms with Gasteiger partial charge in [-0.05, 0) is 24.6 Å². The molecule has 0 unspecified atom stereocenters. The summed E-state index contributed by atoms with van der Waals surface area (Å²) in [6.07, 6.45) is 3.17. The third-order valence-corrected chi connectivity index (χ3v) is 3.08. The molecule has 0 bridgehead atoms. The minimum atomic E-state index is -1.11. The summed E-state index contributed by atoms with van der Waals surface area (Å²) in [5.74, 6) is 0.169. The second kappa shape index (κ2) is 8.43. The van der Waals surface area contributed by atoms with Crippen molar-refractivity contribution in [3.05, 3.63) is 23.8 Å². The van der Waals surface area contributed by atoms with Crippen LogP contribution in [0.25, 0.3) is 0 Å². The molecule has 1 aromatic rings. The SMILES string of the molecule is CCCCCOc1ccc([C@@H]([NH3+])CC(=O)[O-])cc1OC. The molecule has 1 aromatic carbocycles. The summed E-state index contributed by atoms with van der Waals surface area (Å²) in [4.78, 5) is 10.6. The van der Waals surface area contributed by atoms with Gasteiger partial charge in [-0.1, -0.05) is 19.8 Å². The van der Waals surface area contributed by atoms with E-state index < -0.39 is 5.97 Å². The molecule has 0 aliphatic rings. The van der Waals surface area contributed by atoms with Gasteiger partial charge in [-0.15, -0.1) is 0 Å². The minimum Gasteiger partial charge on any atom is -0.550 e. The Morgan fingerprint density at radius 3 is 2.70 bits per heavy atom. The molecule has 0 saturated carbocycles. The zero-order valence-electron chi connectivity index (χ0n) is 12.2. The first kappa shape index (κ1) is 16.3. The molecular formula is C15H23NO4. The molecule has 0 amide bonds. The first-order valence-corrected chi connectivity index (χ1v) is 6.92. The van der Waals surface area contributed by atoms with E-state index in [0.717, 1.165) is 24.8 Å². The first-order valence-electron chi connectivity index (χ1n) is 6.92. The highest BCUT2D eigenvalue weighted by Gasteiger charge is 2.13. The molecule has 3 N–H and O–H groups in total. The van der Waals surface area contributed by atoms with Crippen LogP contribution in [0.5, 0.6) is 11.5 Å². The predicted octanol–water partition coefficient (Wildman–Crippen LogP) is 0.687. The van der Waals surface area contributed by atoms with E-state index >= 15 is 0 Å². The summed E-state index contributed by atoms with van der Waals surface area (Å²) in [6.45, 7) is 2.79. The lowest BCUT2D eigenvalue weighted by Gasteiger charge is -2.14. The third-order valence-electron chi connectivity index (χ3n) is 3.08. The first-order chi connectivity index (χ1) is 9.58. The lowest BCUT2D eigenvalue weighted by molar-refractivity contribution is -0.430. The van der Waals surface area contributed by atoms with Crippen molar-refractivity contribution in [2.75, 3.05) is 13.7 Å². The molecule has 5 heteroatoms. The second-order valence-corrected chi connectivity index (χ2v) is 4.74. The molecule has 0 saturated heterocycles. The maximum absolute atomic E-state index is 10.6. The zero-order valence-corrected chi connectivity index (χ0v) is 12.2. The summed E-state index contributed by atoms with van der Waals surface area (Å²) in [7, 11) is 1.56. The second-order valence-electron chi connectivity index (χ2n) is 4.74. The van der Waals surface area contributed by atoms with Crippen LogP contribution in [0, 0.1) is 0 Å². The Bertz CT molecular complexity index is 434. The van der Waals surface area contributed by atoms with Crippen LogP contribution in [0.1, 0.15) is 44.2 Å². The van der Waals surface area contributed by atoms with Gasteiger partial charge < -0.3 is 25.1 Å². The van der Waals surface area contributed by atoms with Crippen molar-refractivity contribution in [3.8, 4) is 11.5 Å². The maximum atomic E-state index is 10.6. The number of carboxylic acid groups (broad SMARTS) is 1. The highest BCUT2D eigenvalue weighted by molar-refractivity contribution is 5.65. The quantitative estimate of drug-likeness (QED) is 0.675. The number of aliphatic carboxylic acids is 1. The van der Waals surface area contributed by atoms with E-state index in [1.807, 2.05) is 6.07 Å². The molecule has 0 aromatic heterocycles. The van der Waals surface area contributed by atoms with Gasteiger partial charge in [0, 0.05) is 18.0 Å². The van der Waals surface area contributed by atoms with Gasteiger partial charge >= 0.3 is 0 Å². The summed E-state index contributed by atoms with van der Waals surface area (Å²) in [5.41, 5.74) is 4.62. The number of carboxylic acids is 1. The Labute approximate surface area is 119 Å². The van der Waals surface area contributed by atoms with Gasteiger partial charge in [0.05, 0.1) is 13.7 Å². The van der Waals surface area contributed by atoms with Crippen LogP contribution in [0.3, 0.4) is 0 Å². The van der Waals surface area contributed by atoms with E-state index in [1.54, 1.807) is 19.2 Å². The van der Waals surface area contributed by atoms with Crippen LogP contribution in [0.2, 0.25) is 0 Å². The van der Waals surface area contributed by atoms with Crippen molar-refractivity contribution >= 4 is 5.97 Å². The molecule has 0 radical (unpaired) electrons. The van der Waals surface area contributed by atoms with Gasteiger partial charge in [0.1, 0.15) is 6.04 Å². The number of benzene rings is 1. The predicted molar refractivity (Wildman–Crippen MR) is 73.3 cm³/mol. The number of ether oxygens (including phenoxy) is 2. The topological polar surface area (TPSA) is 86.2 Å². The highest BCUT2D eigenvalue weighted by atomic mass is 16.5. The minimum absolute atomic E-state index is 0.111. The molecule has 20 heavy (non-hydrogen) atoms. The fourth-order valence-electron chi connectivity index (χ4n) is 1.91. The Hall–Kier alpha value is -1.75. The Morgan fingerprint density at radius 2 is 2.10 bits per heavy atom. The number of quaternary nitrogens is 1. The van der Waals surface area contributed by atoms with Gasteiger partial charge in [0.2, 0.25) is 0 Å². The summed E-state index contributed by atoms with van der Waals surface area (Å²) < 4.78 is 11.0. The van der Waals surface area contributed by atoms with E-state index in [-0.39, 0.29) is 12.5 Å². The summed E-state index contributed by atoms with van der Waals surface area (Å²) in [5, 5.41) is 10.6. The largest absolute Gasteiger partial charge is 0.550 e.